The first-order valence-corrected chi connectivity index (χ1v) is 4.42. The highest BCUT2D eigenvalue weighted by atomic mass is 16.9. The first kappa shape index (κ1) is 11.9. The number of hydrogen-bond donors (Lipinski definition) is 0. The van der Waals surface area contributed by atoms with E-state index in [9.17, 15) is 0 Å². The lowest BCUT2D eigenvalue weighted by Crippen LogP contribution is -2.33. The molecule has 0 aliphatic carbocycles. The molecule has 0 saturated carbocycles. The van der Waals surface area contributed by atoms with Gasteiger partial charge in [0, 0.05) is 21.1 Å². The molecular formula is C9H20O3. The van der Waals surface area contributed by atoms with Crippen LogP contribution < -0.4 is 0 Å². The minimum absolute atomic E-state index is 0.687. The molecule has 0 radical (unpaired) electrons. The van der Waals surface area contributed by atoms with E-state index < -0.39 is 5.97 Å². The molecule has 0 rings (SSSR count). The molecule has 0 aromatic carbocycles. The molecule has 0 spiro atoms. The summed E-state index contributed by atoms with van der Waals surface area (Å²) in [6.45, 7) is 4.61. The molecule has 0 aliphatic rings. The van der Waals surface area contributed by atoms with E-state index in [-0.39, 0.29) is 0 Å². The largest absolute Gasteiger partial charge is 0.331 e. The Labute approximate surface area is 75.0 Å². The Morgan fingerprint density at radius 1 is 1.08 bits per heavy atom. The number of rotatable bonds is 7. The second-order valence-corrected chi connectivity index (χ2v) is 2.83. The minimum atomic E-state index is -0.867. The normalized spacial score (nSPS) is 12.0. The lowest BCUT2D eigenvalue weighted by atomic mass is 10.3. The molecule has 0 heterocycles. The van der Waals surface area contributed by atoms with Gasteiger partial charge >= 0.3 is 0 Å². The van der Waals surface area contributed by atoms with Gasteiger partial charge < -0.3 is 14.2 Å². The van der Waals surface area contributed by atoms with Crippen LogP contribution in [-0.2, 0) is 14.2 Å². The Balaban J connectivity index is 3.45. The van der Waals surface area contributed by atoms with Crippen LogP contribution in [0.3, 0.4) is 0 Å². The van der Waals surface area contributed by atoms with Gasteiger partial charge in [0.2, 0.25) is 0 Å². The smallest absolute Gasteiger partial charge is 0.279 e. The van der Waals surface area contributed by atoms with Crippen LogP contribution in [-0.4, -0.2) is 26.8 Å². The van der Waals surface area contributed by atoms with E-state index in [0.29, 0.717) is 6.61 Å². The van der Waals surface area contributed by atoms with Gasteiger partial charge in [0.15, 0.2) is 0 Å². The number of ether oxygens (including phenoxy) is 3. The summed E-state index contributed by atoms with van der Waals surface area (Å²) >= 11 is 0. The van der Waals surface area contributed by atoms with Crippen LogP contribution in [0.4, 0.5) is 0 Å². The molecule has 3 heteroatoms. The zero-order valence-corrected chi connectivity index (χ0v) is 8.55. The van der Waals surface area contributed by atoms with Gasteiger partial charge in [-0.05, 0) is 6.42 Å². The third kappa shape index (κ3) is 4.70. The van der Waals surface area contributed by atoms with Gasteiger partial charge in [-0.1, -0.05) is 19.8 Å². The highest BCUT2D eigenvalue weighted by Gasteiger charge is 2.22. The molecule has 3 nitrogen and oxygen atoms in total. The van der Waals surface area contributed by atoms with Crippen molar-refractivity contribution in [2.24, 2.45) is 0 Å². The fourth-order valence-corrected chi connectivity index (χ4v) is 0.811. The van der Waals surface area contributed by atoms with Crippen LogP contribution in [0.1, 0.15) is 33.1 Å². The van der Waals surface area contributed by atoms with Crippen molar-refractivity contribution in [3.05, 3.63) is 0 Å². The molecular weight excluding hydrogens is 156 g/mol. The average Bonchev–Trinajstić information content (AvgIpc) is 2.12. The maximum Gasteiger partial charge on any atom is 0.279 e. The highest BCUT2D eigenvalue weighted by Crippen LogP contribution is 2.12. The molecule has 74 valence electrons. The molecule has 0 N–H and O–H groups in total. The van der Waals surface area contributed by atoms with Crippen LogP contribution in [0.15, 0.2) is 0 Å². The summed E-state index contributed by atoms with van der Waals surface area (Å²) in [5.74, 6) is -0.867. The molecule has 12 heavy (non-hydrogen) atoms. The molecule has 0 amide bonds. The molecule has 0 fully saturated rings. The topological polar surface area (TPSA) is 27.7 Å². The minimum Gasteiger partial charge on any atom is -0.331 e. The van der Waals surface area contributed by atoms with E-state index in [2.05, 4.69) is 6.92 Å². The van der Waals surface area contributed by atoms with Gasteiger partial charge in [-0.2, -0.15) is 0 Å². The SMILES string of the molecule is CCCCCOC(C)(OC)OC. The Morgan fingerprint density at radius 2 is 1.67 bits per heavy atom. The molecule has 0 bridgehead atoms. The van der Waals surface area contributed by atoms with Crippen LogP contribution in [0.25, 0.3) is 0 Å². The molecule has 0 unspecified atom stereocenters. The van der Waals surface area contributed by atoms with E-state index in [0.717, 1.165) is 6.42 Å². The summed E-state index contributed by atoms with van der Waals surface area (Å²) in [4.78, 5) is 0. The maximum atomic E-state index is 5.39. The lowest BCUT2D eigenvalue weighted by molar-refractivity contribution is -0.350. The van der Waals surface area contributed by atoms with Crippen molar-refractivity contribution < 1.29 is 14.2 Å². The molecule has 0 atom stereocenters. The number of hydrogen-bond acceptors (Lipinski definition) is 3. The fraction of sp³-hybridized carbons (Fsp3) is 1.00. The summed E-state index contributed by atoms with van der Waals surface area (Å²) in [7, 11) is 3.15. The van der Waals surface area contributed by atoms with Crippen LogP contribution >= 0.6 is 0 Å². The first-order chi connectivity index (χ1) is 5.68. The van der Waals surface area contributed by atoms with Gasteiger partial charge in [0.25, 0.3) is 5.97 Å². The van der Waals surface area contributed by atoms with Crippen molar-refractivity contribution in [2.45, 2.75) is 39.1 Å². The van der Waals surface area contributed by atoms with Gasteiger partial charge in [-0.3, -0.25) is 0 Å². The van der Waals surface area contributed by atoms with Gasteiger partial charge in [-0.15, -0.1) is 0 Å². The molecule has 0 aromatic rings. The Hall–Kier alpha value is -0.120. The Bertz CT molecular complexity index is 99.9. The van der Waals surface area contributed by atoms with Crippen LogP contribution in [0.2, 0.25) is 0 Å². The molecule has 0 aromatic heterocycles. The molecule has 0 aliphatic heterocycles. The third-order valence-corrected chi connectivity index (χ3v) is 1.85. The average molecular weight is 176 g/mol. The third-order valence-electron chi connectivity index (χ3n) is 1.85. The standard InChI is InChI=1S/C9H20O3/c1-5-6-7-8-12-9(2,10-3)11-4/h5-8H2,1-4H3. The van der Waals surface area contributed by atoms with E-state index in [1.807, 2.05) is 0 Å². The second kappa shape index (κ2) is 6.40. The second-order valence-electron chi connectivity index (χ2n) is 2.83. The van der Waals surface area contributed by atoms with E-state index in [1.54, 1.807) is 21.1 Å². The quantitative estimate of drug-likeness (QED) is 0.439. The first-order valence-electron chi connectivity index (χ1n) is 4.42. The predicted octanol–water partition coefficient (Wildman–Crippen LogP) is 2.16. The highest BCUT2D eigenvalue weighted by molar-refractivity contribution is 4.45. The lowest BCUT2D eigenvalue weighted by Gasteiger charge is -2.25. The van der Waals surface area contributed by atoms with Gasteiger partial charge in [0.05, 0.1) is 6.61 Å². The van der Waals surface area contributed by atoms with Crippen molar-refractivity contribution >= 4 is 0 Å². The van der Waals surface area contributed by atoms with E-state index >= 15 is 0 Å². The van der Waals surface area contributed by atoms with E-state index in [4.69, 9.17) is 14.2 Å². The van der Waals surface area contributed by atoms with Crippen LogP contribution in [0, 0.1) is 0 Å². The number of unbranched alkanes of at least 4 members (excludes halogenated alkanes) is 2. The predicted molar refractivity (Wildman–Crippen MR) is 47.9 cm³/mol. The summed E-state index contributed by atoms with van der Waals surface area (Å²) in [6, 6.07) is 0. The summed E-state index contributed by atoms with van der Waals surface area (Å²) in [6.07, 6.45) is 3.43. The number of methoxy groups -OCH3 is 2. The van der Waals surface area contributed by atoms with Crippen molar-refractivity contribution in [3.63, 3.8) is 0 Å². The van der Waals surface area contributed by atoms with Gasteiger partial charge in [-0.25, -0.2) is 0 Å². The maximum absolute atomic E-state index is 5.39. The summed E-state index contributed by atoms with van der Waals surface area (Å²) in [5.41, 5.74) is 0. The zero-order chi connectivity index (χ0) is 9.45. The molecule has 0 saturated heterocycles. The van der Waals surface area contributed by atoms with Gasteiger partial charge in [0.1, 0.15) is 0 Å². The fourth-order valence-electron chi connectivity index (χ4n) is 0.811. The Morgan fingerprint density at radius 3 is 2.08 bits per heavy atom. The Kier molecular flexibility index (Phi) is 6.34. The van der Waals surface area contributed by atoms with Crippen molar-refractivity contribution in [1.29, 1.82) is 0 Å². The van der Waals surface area contributed by atoms with E-state index in [1.165, 1.54) is 12.8 Å². The van der Waals surface area contributed by atoms with Crippen molar-refractivity contribution in [1.82, 2.24) is 0 Å². The van der Waals surface area contributed by atoms with Crippen LogP contribution in [0.5, 0.6) is 0 Å². The zero-order valence-electron chi connectivity index (χ0n) is 8.55. The summed E-state index contributed by atoms with van der Waals surface area (Å²) < 4.78 is 15.4. The van der Waals surface area contributed by atoms with Crippen molar-refractivity contribution in [3.8, 4) is 0 Å². The summed E-state index contributed by atoms with van der Waals surface area (Å²) in [5, 5.41) is 0. The monoisotopic (exact) mass is 176 g/mol. The van der Waals surface area contributed by atoms with Crippen molar-refractivity contribution in [2.75, 3.05) is 20.8 Å².